The first-order valence-corrected chi connectivity index (χ1v) is 13.7. The SMILES string of the molecule is Cc1ccc(S(=O)(=O)O)cc1.O=c1[nH]c2ccccc2n1CCN1CCN(c2cccc(C(F)(F)F)c2)CC1. The average molecular weight is 563 g/mol. The summed E-state index contributed by atoms with van der Waals surface area (Å²) in [6.45, 7) is 5.94. The lowest BCUT2D eigenvalue weighted by atomic mass is 10.1. The Morgan fingerprint density at radius 1 is 0.897 bits per heavy atom. The largest absolute Gasteiger partial charge is 0.416 e. The average Bonchev–Trinajstić information content (AvgIpc) is 3.22. The number of alkyl halides is 3. The Morgan fingerprint density at radius 2 is 1.56 bits per heavy atom. The van der Waals surface area contributed by atoms with Crippen LogP contribution >= 0.6 is 0 Å². The van der Waals surface area contributed by atoms with E-state index in [1.54, 1.807) is 22.8 Å². The number of anilines is 1. The first-order chi connectivity index (χ1) is 18.4. The van der Waals surface area contributed by atoms with Gasteiger partial charge in [-0.15, -0.1) is 0 Å². The monoisotopic (exact) mass is 562 g/mol. The number of aryl methyl sites for hydroxylation is 1. The number of hydrogen-bond donors (Lipinski definition) is 2. The molecule has 2 heterocycles. The maximum absolute atomic E-state index is 12.9. The van der Waals surface area contributed by atoms with Crippen molar-refractivity contribution < 1.29 is 26.1 Å². The lowest BCUT2D eigenvalue weighted by Crippen LogP contribution is -2.47. The van der Waals surface area contributed by atoms with Crippen molar-refractivity contribution in [2.75, 3.05) is 37.6 Å². The van der Waals surface area contributed by atoms with E-state index in [0.717, 1.165) is 42.3 Å². The van der Waals surface area contributed by atoms with E-state index in [-0.39, 0.29) is 10.6 Å². The number of nitrogens with one attached hydrogen (secondary N) is 1. The molecule has 0 bridgehead atoms. The molecule has 39 heavy (non-hydrogen) atoms. The van der Waals surface area contributed by atoms with Gasteiger partial charge in [0.1, 0.15) is 0 Å². The molecule has 0 aliphatic carbocycles. The van der Waals surface area contributed by atoms with Crippen LogP contribution < -0.4 is 10.6 Å². The van der Waals surface area contributed by atoms with E-state index in [1.165, 1.54) is 24.3 Å². The molecule has 1 fully saturated rings. The Labute approximate surface area is 224 Å². The van der Waals surface area contributed by atoms with Crippen LogP contribution in [0.4, 0.5) is 18.9 Å². The van der Waals surface area contributed by atoms with Crippen molar-refractivity contribution in [3.63, 3.8) is 0 Å². The lowest BCUT2D eigenvalue weighted by molar-refractivity contribution is -0.137. The zero-order chi connectivity index (χ0) is 28.2. The standard InChI is InChI=1S/C20H21F3N4O.C7H8O3S/c21-20(22,23)15-4-3-5-16(14-15)26-11-8-25(9-12-26)10-13-27-18-7-2-1-6-17(18)24-19(27)28;1-6-2-4-7(5-3-6)11(8,9)10/h1-7,14H,8-13H2,(H,24,28);2-5H,1H3,(H,8,9,10). The fourth-order valence-corrected chi connectivity index (χ4v) is 4.87. The number of para-hydroxylation sites is 2. The van der Waals surface area contributed by atoms with Gasteiger partial charge in [0, 0.05) is 45.0 Å². The predicted octanol–water partition coefficient (Wildman–Crippen LogP) is 4.41. The highest BCUT2D eigenvalue weighted by Crippen LogP contribution is 2.31. The van der Waals surface area contributed by atoms with E-state index in [4.69, 9.17) is 4.55 Å². The molecule has 1 aromatic heterocycles. The molecule has 1 aliphatic heterocycles. The molecule has 1 aliphatic rings. The van der Waals surface area contributed by atoms with Crippen molar-refractivity contribution in [1.29, 1.82) is 0 Å². The van der Waals surface area contributed by atoms with Gasteiger partial charge in [0.2, 0.25) is 0 Å². The Kier molecular flexibility index (Phi) is 8.48. The zero-order valence-corrected chi connectivity index (χ0v) is 22.0. The summed E-state index contributed by atoms with van der Waals surface area (Å²) in [4.78, 5) is 19.1. The van der Waals surface area contributed by atoms with Gasteiger partial charge in [-0.2, -0.15) is 21.6 Å². The normalized spacial score (nSPS) is 14.7. The maximum Gasteiger partial charge on any atom is 0.416 e. The van der Waals surface area contributed by atoms with Crippen molar-refractivity contribution in [2.24, 2.45) is 0 Å². The third kappa shape index (κ3) is 7.28. The van der Waals surface area contributed by atoms with Crippen LogP contribution in [0.25, 0.3) is 11.0 Å². The summed E-state index contributed by atoms with van der Waals surface area (Å²) in [5.74, 6) is 0. The van der Waals surface area contributed by atoms with Crippen LogP contribution in [0, 0.1) is 6.92 Å². The number of hydrogen-bond acceptors (Lipinski definition) is 5. The van der Waals surface area contributed by atoms with E-state index >= 15 is 0 Å². The van der Waals surface area contributed by atoms with Crippen LogP contribution in [-0.4, -0.2) is 60.1 Å². The summed E-state index contributed by atoms with van der Waals surface area (Å²) < 4.78 is 70.0. The Bertz CT molecular complexity index is 1570. The number of fused-ring (bicyclic) bond motifs is 1. The van der Waals surface area contributed by atoms with Crippen LogP contribution in [0.15, 0.2) is 82.5 Å². The van der Waals surface area contributed by atoms with E-state index in [1.807, 2.05) is 36.1 Å². The summed E-state index contributed by atoms with van der Waals surface area (Å²) in [5.41, 5.74) is 2.52. The molecule has 1 saturated heterocycles. The molecule has 4 aromatic rings. The number of H-pyrrole nitrogens is 1. The van der Waals surface area contributed by atoms with Crippen molar-refractivity contribution in [2.45, 2.75) is 24.5 Å². The summed E-state index contributed by atoms with van der Waals surface area (Å²) >= 11 is 0. The third-order valence-corrected chi connectivity index (χ3v) is 7.42. The maximum atomic E-state index is 12.9. The number of halogens is 3. The first kappa shape index (κ1) is 28.4. The molecule has 0 atom stereocenters. The predicted molar refractivity (Wildman–Crippen MR) is 144 cm³/mol. The van der Waals surface area contributed by atoms with Crippen molar-refractivity contribution >= 4 is 26.8 Å². The summed E-state index contributed by atoms with van der Waals surface area (Å²) in [7, 11) is -4.02. The number of nitrogens with zero attached hydrogens (tertiary/aromatic N) is 3. The molecule has 0 unspecified atom stereocenters. The fraction of sp³-hybridized carbons (Fsp3) is 0.296. The molecule has 0 amide bonds. The van der Waals surface area contributed by atoms with Crippen LogP contribution in [0.5, 0.6) is 0 Å². The number of aromatic nitrogens is 2. The number of piperazine rings is 1. The van der Waals surface area contributed by atoms with Gasteiger partial charge in [0.15, 0.2) is 0 Å². The smallest absolute Gasteiger partial charge is 0.369 e. The quantitative estimate of drug-likeness (QED) is 0.350. The van der Waals surface area contributed by atoms with Crippen molar-refractivity contribution in [3.05, 3.63) is 94.4 Å². The molecule has 0 saturated carbocycles. The Hall–Kier alpha value is -3.61. The highest BCUT2D eigenvalue weighted by atomic mass is 32.2. The molecular weight excluding hydrogens is 533 g/mol. The number of rotatable bonds is 5. The molecule has 3 aromatic carbocycles. The van der Waals surface area contributed by atoms with Crippen molar-refractivity contribution in [3.8, 4) is 0 Å². The van der Waals surface area contributed by atoms with Gasteiger partial charge in [-0.05, 0) is 49.4 Å². The van der Waals surface area contributed by atoms with Crippen LogP contribution in [0.1, 0.15) is 11.1 Å². The number of benzene rings is 3. The fourth-order valence-electron chi connectivity index (χ4n) is 4.39. The molecule has 8 nitrogen and oxygen atoms in total. The minimum absolute atomic E-state index is 0.0666. The third-order valence-electron chi connectivity index (χ3n) is 6.55. The molecule has 12 heteroatoms. The van der Waals surface area contributed by atoms with E-state index in [9.17, 15) is 26.4 Å². The highest BCUT2D eigenvalue weighted by molar-refractivity contribution is 7.85. The van der Waals surface area contributed by atoms with E-state index in [0.29, 0.717) is 25.3 Å². The van der Waals surface area contributed by atoms with Crippen LogP contribution in [0.3, 0.4) is 0 Å². The van der Waals surface area contributed by atoms with Crippen molar-refractivity contribution in [1.82, 2.24) is 14.5 Å². The lowest BCUT2D eigenvalue weighted by Gasteiger charge is -2.36. The van der Waals surface area contributed by atoms with Crippen LogP contribution in [0.2, 0.25) is 0 Å². The molecule has 208 valence electrons. The Morgan fingerprint density at radius 3 is 2.21 bits per heavy atom. The minimum atomic E-state index is -4.33. The first-order valence-electron chi connectivity index (χ1n) is 12.3. The van der Waals surface area contributed by atoms with Gasteiger partial charge in [0.25, 0.3) is 10.1 Å². The van der Waals surface area contributed by atoms with E-state index < -0.39 is 21.9 Å². The summed E-state index contributed by atoms with van der Waals surface area (Å²) in [6.07, 6.45) is -4.33. The van der Waals surface area contributed by atoms with Crippen LogP contribution in [-0.2, 0) is 22.8 Å². The highest BCUT2D eigenvalue weighted by Gasteiger charge is 2.31. The summed E-state index contributed by atoms with van der Waals surface area (Å²) in [6, 6.07) is 19.0. The minimum Gasteiger partial charge on any atom is -0.369 e. The Balaban J connectivity index is 0.000000270. The summed E-state index contributed by atoms with van der Waals surface area (Å²) in [5, 5.41) is 0. The van der Waals surface area contributed by atoms with E-state index in [2.05, 4.69) is 9.88 Å². The molecule has 0 radical (unpaired) electrons. The van der Waals surface area contributed by atoms with Gasteiger partial charge in [-0.25, -0.2) is 4.79 Å². The second-order valence-electron chi connectivity index (χ2n) is 9.26. The zero-order valence-electron chi connectivity index (χ0n) is 21.2. The second kappa shape index (κ2) is 11.6. The molecule has 0 spiro atoms. The molecule has 2 N–H and O–H groups in total. The van der Waals surface area contributed by atoms with Gasteiger partial charge >= 0.3 is 11.9 Å². The topological polar surface area (TPSA) is 98.6 Å². The molecule has 5 rings (SSSR count). The van der Waals surface area contributed by atoms with Gasteiger partial charge in [0.05, 0.1) is 21.5 Å². The molecular formula is C27H29F3N4O4S. The van der Waals surface area contributed by atoms with Gasteiger partial charge < -0.3 is 9.88 Å². The number of imidazole rings is 1. The van der Waals surface area contributed by atoms with Gasteiger partial charge in [-0.3, -0.25) is 14.0 Å². The number of aromatic amines is 1. The second-order valence-corrected chi connectivity index (χ2v) is 10.7. The van der Waals surface area contributed by atoms with Gasteiger partial charge in [-0.1, -0.05) is 35.9 Å².